The molecule has 0 bridgehead atoms. The number of aliphatic hydroxyl groups excluding tert-OH is 1. The molecule has 0 aromatic heterocycles. The average molecular weight is 228 g/mol. The number of nitrogens with two attached hydrogens (primary N) is 1. The van der Waals surface area contributed by atoms with E-state index in [4.69, 9.17) is 5.73 Å². The molecule has 0 aromatic rings. The molecule has 3 atom stereocenters. The first-order chi connectivity index (χ1) is 7.42. The summed E-state index contributed by atoms with van der Waals surface area (Å²) in [7, 11) is 0. The van der Waals surface area contributed by atoms with Gasteiger partial charge in [0.25, 0.3) is 0 Å². The Morgan fingerprint density at radius 2 is 2.06 bits per heavy atom. The second-order valence-electron chi connectivity index (χ2n) is 6.36. The van der Waals surface area contributed by atoms with E-state index in [0.717, 1.165) is 13.0 Å². The van der Waals surface area contributed by atoms with Crippen molar-refractivity contribution in [2.45, 2.75) is 58.6 Å². The summed E-state index contributed by atoms with van der Waals surface area (Å²) in [6.45, 7) is 7.96. The van der Waals surface area contributed by atoms with E-state index in [1.54, 1.807) is 0 Å². The predicted octanol–water partition coefficient (Wildman–Crippen LogP) is 1.50. The molecule has 3 heteroatoms. The molecule has 1 saturated carbocycles. The first-order valence-electron chi connectivity index (χ1n) is 6.54. The van der Waals surface area contributed by atoms with Crippen molar-refractivity contribution in [3.63, 3.8) is 0 Å². The molecule has 0 saturated heterocycles. The largest absolute Gasteiger partial charge is 0.392 e. The summed E-state index contributed by atoms with van der Waals surface area (Å²) < 4.78 is 0. The minimum absolute atomic E-state index is 0.198. The highest BCUT2D eigenvalue weighted by atomic mass is 16.3. The van der Waals surface area contributed by atoms with E-state index in [9.17, 15) is 5.11 Å². The summed E-state index contributed by atoms with van der Waals surface area (Å²) in [4.78, 5) is 0. The van der Waals surface area contributed by atoms with Crippen LogP contribution in [0.2, 0.25) is 0 Å². The van der Waals surface area contributed by atoms with Crippen LogP contribution < -0.4 is 11.1 Å². The molecule has 0 aromatic carbocycles. The minimum Gasteiger partial charge on any atom is -0.392 e. The van der Waals surface area contributed by atoms with E-state index in [2.05, 4.69) is 26.1 Å². The van der Waals surface area contributed by atoms with Gasteiger partial charge in [-0.1, -0.05) is 27.2 Å². The molecule has 0 amide bonds. The summed E-state index contributed by atoms with van der Waals surface area (Å²) >= 11 is 0. The fraction of sp³-hybridized carbons (Fsp3) is 1.00. The Labute approximate surface area is 99.8 Å². The van der Waals surface area contributed by atoms with Crippen LogP contribution in [-0.4, -0.2) is 30.3 Å². The van der Waals surface area contributed by atoms with Gasteiger partial charge < -0.3 is 16.2 Å². The van der Waals surface area contributed by atoms with Gasteiger partial charge in [0.2, 0.25) is 0 Å². The molecule has 1 aliphatic carbocycles. The zero-order valence-corrected chi connectivity index (χ0v) is 11.0. The molecule has 3 unspecified atom stereocenters. The fourth-order valence-corrected chi connectivity index (χ4v) is 2.65. The van der Waals surface area contributed by atoms with Crippen molar-refractivity contribution in [1.82, 2.24) is 5.32 Å². The minimum atomic E-state index is -0.237. The van der Waals surface area contributed by atoms with Gasteiger partial charge in [-0.3, -0.25) is 0 Å². The molecule has 96 valence electrons. The number of rotatable bonds is 5. The van der Waals surface area contributed by atoms with Crippen molar-refractivity contribution in [1.29, 1.82) is 0 Å². The molecule has 1 aliphatic rings. The summed E-state index contributed by atoms with van der Waals surface area (Å²) in [5, 5.41) is 13.4. The van der Waals surface area contributed by atoms with Gasteiger partial charge in [-0.15, -0.1) is 0 Å². The van der Waals surface area contributed by atoms with Crippen LogP contribution in [-0.2, 0) is 0 Å². The smallest absolute Gasteiger partial charge is 0.0669 e. The van der Waals surface area contributed by atoms with Crippen LogP contribution in [0.5, 0.6) is 0 Å². The van der Waals surface area contributed by atoms with Crippen LogP contribution >= 0.6 is 0 Å². The lowest BCUT2D eigenvalue weighted by Crippen LogP contribution is -2.40. The maximum atomic E-state index is 9.91. The molecule has 0 heterocycles. The van der Waals surface area contributed by atoms with Crippen LogP contribution in [0.3, 0.4) is 0 Å². The van der Waals surface area contributed by atoms with Gasteiger partial charge in [-0.25, -0.2) is 0 Å². The van der Waals surface area contributed by atoms with E-state index in [0.29, 0.717) is 18.5 Å². The lowest BCUT2D eigenvalue weighted by atomic mass is 9.89. The lowest BCUT2D eigenvalue weighted by molar-refractivity contribution is 0.114. The lowest BCUT2D eigenvalue weighted by Gasteiger charge is -2.25. The third-order valence-corrected chi connectivity index (χ3v) is 3.43. The molecule has 0 spiro atoms. The van der Waals surface area contributed by atoms with Crippen molar-refractivity contribution in [2.24, 2.45) is 17.1 Å². The molecular weight excluding hydrogens is 200 g/mol. The molecule has 16 heavy (non-hydrogen) atoms. The van der Waals surface area contributed by atoms with E-state index >= 15 is 0 Å². The van der Waals surface area contributed by atoms with Crippen LogP contribution in [0, 0.1) is 11.3 Å². The standard InChI is InChI=1S/C13H28N2O/c1-13(2,3)7-11(16)9-15-12-6-4-5-10(12)8-14/h10-12,15-16H,4-9,14H2,1-3H3. The Bertz CT molecular complexity index is 201. The first kappa shape index (κ1) is 13.9. The van der Waals surface area contributed by atoms with Gasteiger partial charge in [-0.05, 0) is 37.1 Å². The number of nitrogens with one attached hydrogen (secondary N) is 1. The van der Waals surface area contributed by atoms with Gasteiger partial charge in [0.05, 0.1) is 6.10 Å². The topological polar surface area (TPSA) is 58.3 Å². The van der Waals surface area contributed by atoms with Crippen molar-refractivity contribution >= 4 is 0 Å². The Balaban J connectivity index is 2.23. The predicted molar refractivity (Wildman–Crippen MR) is 68.3 cm³/mol. The second kappa shape index (κ2) is 5.99. The van der Waals surface area contributed by atoms with E-state index < -0.39 is 0 Å². The molecule has 1 rings (SSSR count). The van der Waals surface area contributed by atoms with Crippen LogP contribution in [0.25, 0.3) is 0 Å². The van der Waals surface area contributed by atoms with Crippen molar-refractivity contribution in [3.05, 3.63) is 0 Å². The van der Waals surface area contributed by atoms with Crippen molar-refractivity contribution < 1.29 is 5.11 Å². The maximum absolute atomic E-state index is 9.91. The van der Waals surface area contributed by atoms with Crippen LogP contribution in [0.1, 0.15) is 46.5 Å². The normalized spacial score (nSPS) is 28.3. The molecular formula is C13H28N2O. The molecule has 0 aliphatic heterocycles. The van der Waals surface area contributed by atoms with Gasteiger partial charge in [0.1, 0.15) is 0 Å². The Morgan fingerprint density at radius 3 is 2.62 bits per heavy atom. The van der Waals surface area contributed by atoms with Crippen molar-refractivity contribution in [3.8, 4) is 0 Å². The first-order valence-corrected chi connectivity index (χ1v) is 6.54. The second-order valence-corrected chi connectivity index (χ2v) is 6.36. The molecule has 1 fully saturated rings. The van der Waals surface area contributed by atoms with Crippen LogP contribution in [0.4, 0.5) is 0 Å². The summed E-state index contributed by atoms with van der Waals surface area (Å²) in [6.07, 6.45) is 4.33. The Kier molecular flexibility index (Phi) is 5.22. The van der Waals surface area contributed by atoms with E-state index in [1.165, 1.54) is 19.3 Å². The Morgan fingerprint density at radius 1 is 1.38 bits per heavy atom. The third-order valence-electron chi connectivity index (χ3n) is 3.43. The monoisotopic (exact) mass is 228 g/mol. The third kappa shape index (κ3) is 4.81. The average Bonchev–Trinajstić information content (AvgIpc) is 2.59. The molecule has 3 nitrogen and oxygen atoms in total. The van der Waals surface area contributed by atoms with Gasteiger partial charge in [-0.2, -0.15) is 0 Å². The van der Waals surface area contributed by atoms with Crippen LogP contribution in [0.15, 0.2) is 0 Å². The SMILES string of the molecule is CC(C)(C)CC(O)CNC1CCCC1CN. The number of hydrogen-bond acceptors (Lipinski definition) is 3. The number of hydrogen-bond donors (Lipinski definition) is 3. The van der Waals surface area contributed by atoms with Crippen molar-refractivity contribution in [2.75, 3.05) is 13.1 Å². The molecule has 0 radical (unpaired) electrons. The highest BCUT2D eigenvalue weighted by molar-refractivity contribution is 4.84. The molecule has 4 N–H and O–H groups in total. The van der Waals surface area contributed by atoms with Gasteiger partial charge >= 0.3 is 0 Å². The Hall–Kier alpha value is -0.120. The highest BCUT2D eigenvalue weighted by Gasteiger charge is 2.26. The fourth-order valence-electron chi connectivity index (χ4n) is 2.65. The highest BCUT2D eigenvalue weighted by Crippen LogP contribution is 2.25. The summed E-state index contributed by atoms with van der Waals surface area (Å²) in [5.41, 5.74) is 5.93. The van der Waals surface area contributed by atoms with E-state index in [1.807, 2.05) is 0 Å². The maximum Gasteiger partial charge on any atom is 0.0669 e. The number of aliphatic hydroxyl groups is 1. The summed E-state index contributed by atoms with van der Waals surface area (Å²) in [6, 6.07) is 0.527. The van der Waals surface area contributed by atoms with E-state index in [-0.39, 0.29) is 11.5 Å². The van der Waals surface area contributed by atoms with Gasteiger partial charge in [0.15, 0.2) is 0 Å². The van der Waals surface area contributed by atoms with Gasteiger partial charge in [0, 0.05) is 12.6 Å². The zero-order valence-electron chi connectivity index (χ0n) is 11.0. The quantitative estimate of drug-likeness (QED) is 0.668. The zero-order chi connectivity index (χ0) is 12.2. The summed E-state index contributed by atoms with van der Waals surface area (Å²) in [5.74, 6) is 0.613.